The first-order chi connectivity index (χ1) is 17.5. The molecule has 0 saturated heterocycles. The quantitative estimate of drug-likeness (QED) is 0.423. The molecule has 0 aliphatic carbocycles. The molecule has 1 heterocycles. The first-order valence-corrected chi connectivity index (χ1v) is 11.7. The van der Waals surface area contributed by atoms with E-state index in [-0.39, 0.29) is 23.5 Å². The molecule has 3 aromatic rings. The van der Waals surface area contributed by atoms with Crippen LogP contribution in [0.2, 0.25) is 0 Å². The zero-order chi connectivity index (χ0) is 26.9. The van der Waals surface area contributed by atoms with E-state index in [2.05, 4.69) is 10.6 Å². The molecule has 0 bridgehead atoms. The zero-order valence-corrected chi connectivity index (χ0v) is 20.5. The van der Waals surface area contributed by atoms with Crippen LogP contribution in [0.1, 0.15) is 49.9 Å². The van der Waals surface area contributed by atoms with Crippen LogP contribution in [-0.2, 0) is 15.8 Å². The second kappa shape index (κ2) is 9.97. The van der Waals surface area contributed by atoms with Gasteiger partial charge in [0.15, 0.2) is 0 Å². The van der Waals surface area contributed by atoms with Gasteiger partial charge in [0.05, 0.1) is 23.2 Å². The number of amides is 2. The summed E-state index contributed by atoms with van der Waals surface area (Å²) in [4.78, 5) is 25.6. The van der Waals surface area contributed by atoms with Crippen molar-refractivity contribution in [2.24, 2.45) is 0 Å². The number of hydrogen-bond donors (Lipinski definition) is 2. The lowest BCUT2D eigenvalue weighted by Crippen LogP contribution is -2.43. The number of carbonyl (C=O) groups is 2. The number of alkyl halides is 3. The Bertz CT molecular complexity index is 1410. The van der Waals surface area contributed by atoms with Crippen molar-refractivity contribution in [3.8, 4) is 17.2 Å². The van der Waals surface area contributed by atoms with Gasteiger partial charge in [-0.05, 0) is 72.5 Å². The summed E-state index contributed by atoms with van der Waals surface area (Å²) in [5, 5.41) is 15.1. The van der Waals surface area contributed by atoms with Gasteiger partial charge in [-0.3, -0.25) is 9.59 Å². The van der Waals surface area contributed by atoms with Gasteiger partial charge in [-0.25, -0.2) is 0 Å². The predicted octanol–water partition coefficient (Wildman–Crippen LogP) is 6.50. The maximum Gasteiger partial charge on any atom is 0.417 e. The SMILES string of the molecule is CC(=O)Nc1cccc(-c2ccc3c(c2)[C@H](Nc2ccc(C#N)c(C(F)(F)F)c2)C[C@H](C)N3C(C)=O)c1. The van der Waals surface area contributed by atoms with Crippen molar-refractivity contribution in [2.75, 3.05) is 15.5 Å². The van der Waals surface area contributed by atoms with Crippen LogP contribution in [0.25, 0.3) is 11.1 Å². The summed E-state index contributed by atoms with van der Waals surface area (Å²) >= 11 is 0. The Balaban J connectivity index is 1.78. The molecule has 2 atom stereocenters. The van der Waals surface area contributed by atoms with E-state index in [1.165, 1.54) is 19.9 Å². The Morgan fingerprint density at radius 3 is 2.38 bits per heavy atom. The van der Waals surface area contributed by atoms with Gasteiger partial charge in [-0.1, -0.05) is 18.2 Å². The van der Waals surface area contributed by atoms with Crippen LogP contribution in [0.3, 0.4) is 0 Å². The Labute approximate surface area is 212 Å². The highest BCUT2D eigenvalue weighted by atomic mass is 19.4. The Morgan fingerprint density at radius 1 is 1.00 bits per heavy atom. The number of anilines is 3. The van der Waals surface area contributed by atoms with Crippen LogP contribution in [-0.4, -0.2) is 17.9 Å². The van der Waals surface area contributed by atoms with E-state index in [0.717, 1.165) is 28.8 Å². The highest BCUT2D eigenvalue weighted by molar-refractivity contribution is 5.94. The van der Waals surface area contributed by atoms with Gasteiger partial charge >= 0.3 is 6.18 Å². The molecule has 0 aromatic heterocycles. The van der Waals surface area contributed by atoms with Crippen molar-refractivity contribution in [1.29, 1.82) is 5.26 Å². The smallest absolute Gasteiger partial charge is 0.378 e. The minimum Gasteiger partial charge on any atom is -0.378 e. The van der Waals surface area contributed by atoms with Crippen LogP contribution in [0.4, 0.5) is 30.2 Å². The van der Waals surface area contributed by atoms with Gasteiger partial charge < -0.3 is 15.5 Å². The molecule has 1 aliphatic rings. The first kappa shape index (κ1) is 25.8. The standard InChI is InChI=1S/C28H25F3N4O2/c1-16-11-26(34-23-9-7-21(15-32)25(14-23)28(29,30)31)24-13-20(8-10-27(24)35(16)18(3)37)19-5-4-6-22(12-19)33-17(2)36/h4-10,12-14,16,26,34H,11H2,1-3H3,(H,33,36)/t16-,26+/m0/s1. The highest BCUT2D eigenvalue weighted by Crippen LogP contribution is 2.42. The summed E-state index contributed by atoms with van der Waals surface area (Å²) in [6, 6.07) is 17.5. The third-order valence-electron chi connectivity index (χ3n) is 6.32. The molecule has 1 aliphatic heterocycles. The monoisotopic (exact) mass is 506 g/mol. The molecule has 2 amide bonds. The molecule has 0 saturated carbocycles. The van der Waals surface area contributed by atoms with E-state index < -0.39 is 23.3 Å². The number of nitrogens with one attached hydrogen (secondary N) is 2. The summed E-state index contributed by atoms with van der Waals surface area (Å²) in [5.74, 6) is -0.330. The maximum atomic E-state index is 13.5. The molecule has 37 heavy (non-hydrogen) atoms. The van der Waals surface area contributed by atoms with Gasteiger partial charge in [-0.2, -0.15) is 18.4 Å². The predicted molar refractivity (Wildman–Crippen MR) is 136 cm³/mol. The average molecular weight is 507 g/mol. The third kappa shape index (κ3) is 5.43. The number of halogens is 3. The van der Waals surface area contributed by atoms with Crippen LogP contribution in [0.5, 0.6) is 0 Å². The van der Waals surface area contributed by atoms with Crippen LogP contribution >= 0.6 is 0 Å². The zero-order valence-electron chi connectivity index (χ0n) is 20.5. The van der Waals surface area contributed by atoms with Gasteiger partial charge in [0.1, 0.15) is 0 Å². The highest BCUT2D eigenvalue weighted by Gasteiger charge is 2.35. The molecule has 4 rings (SSSR count). The molecular formula is C28H25F3N4O2. The third-order valence-corrected chi connectivity index (χ3v) is 6.32. The van der Waals surface area contributed by atoms with Crippen molar-refractivity contribution >= 4 is 28.9 Å². The molecule has 3 aromatic carbocycles. The second-order valence-electron chi connectivity index (χ2n) is 9.08. The summed E-state index contributed by atoms with van der Waals surface area (Å²) in [7, 11) is 0. The molecule has 0 fully saturated rings. The van der Waals surface area contributed by atoms with Crippen LogP contribution < -0.4 is 15.5 Å². The summed E-state index contributed by atoms with van der Waals surface area (Å²) in [6.45, 7) is 4.80. The second-order valence-corrected chi connectivity index (χ2v) is 9.08. The van der Waals surface area contributed by atoms with E-state index in [1.807, 2.05) is 43.3 Å². The maximum absolute atomic E-state index is 13.5. The van der Waals surface area contributed by atoms with Gasteiger partial charge in [0.25, 0.3) is 0 Å². The van der Waals surface area contributed by atoms with E-state index >= 15 is 0 Å². The van der Waals surface area contributed by atoms with Crippen molar-refractivity contribution in [2.45, 2.75) is 45.5 Å². The fourth-order valence-corrected chi connectivity index (χ4v) is 4.81. The van der Waals surface area contributed by atoms with E-state index in [4.69, 9.17) is 5.26 Å². The van der Waals surface area contributed by atoms with Crippen LogP contribution in [0, 0.1) is 11.3 Å². The van der Waals surface area contributed by atoms with E-state index in [1.54, 1.807) is 17.0 Å². The molecule has 6 nitrogen and oxygen atoms in total. The minimum atomic E-state index is -4.67. The molecule has 0 spiro atoms. The van der Waals surface area contributed by atoms with Crippen LogP contribution in [0.15, 0.2) is 60.7 Å². The Kier molecular flexibility index (Phi) is 6.94. The minimum absolute atomic E-state index is 0.134. The topological polar surface area (TPSA) is 85.2 Å². The largest absolute Gasteiger partial charge is 0.417 e. The van der Waals surface area contributed by atoms with E-state index in [9.17, 15) is 22.8 Å². The van der Waals surface area contributed by atoms with Crippen molar-refractivity contribution in [1.82, 2.24) is 0 Å². The molecule has 2 N–H and O–H groups in total. The fourth-order valence-electron chi connectivity index (χ4n) is 4.81. The first-order valence-electron chi connectivity index (χ1n) is 11.7. The van der Waals surface area contributed by atoms with Gasteiger partial charge in [0.2, 0.25) is 11.8 Å². The molecule has 0 unspecified atom stereocenters. The van der Waals surface area contributed by atoms with Crippen molar-refractivity contribution in [3.63, 3.8) is 0 Å². The molecule has 0 radical (unpaired) electrons. The summed E-state index contributed by atoms with van der Waals surface area (Å²) in [5.41, 5.74) is 2.50. The number of nitriles is 1. The number of benzene rings is 3. The fraction of sp³-hybridized carbons (Fsp3) is 0.250. The molecule has 190 valence electrons. The van der Waals surface area contributed by atoms with Gasteiger partial charge in [-0.15, -0.1) is 0 Å². The summed E-state index contributed by atoms with van der Waals surface area (Å²) in [6.07, 6.45) is -4.21. The number of nitrogens with zero attached hydrogens (tertiary/aromatic N) is 2. The number of carbonyl (C=O) groups excluding carboxylic acids is 2. The van der Waals surface area contributed by atoms with Crippen molar-refractivity contribution in [3.05, 3.63) is 77.4 Å². The van der Waals surface area contributed by atoms with Crippen molar-refractivity contribution < 1.29 is 22.8 Å². The Morgan fingerprint density at radius 2 is 1.73 bits per heavy atom. The number of rotatable bonds is 4. The molecular weight excluding hydrogens is 481 g/mol. The van der Waals surface area contributed by atoms with E-state index in [0.29, 0.717) is 17.8 Å². The Hall–Kier alpha value is -4.32. The lowest BCUT2D eigenvalue weighted by Gasteiger charge is -2.40. The average Bonchev–Trinajstić information content (AvgIpc) is 2.82. The van der Waals surface area contributed by atoms with Gasteiger partial charge in [0, 0.05) is 37.0 Å². The summed E-state index contributed by atoms with van der Waals surface area (Å²) < 4.78 is 40.6. The number of fused-ring (bicyclic) bond motifs is 1. The lowest BCUT2D eigenvalue weighted by atomic mass is 9.88. The lowest BCUT2D eigenvalue weighted by molar-refractivity contribution is -0.137. The number of hydrogen-bond acceptors (Lipinski definition) is 4. The molecule has 9 heteroatoms. The normalized spacial score (nSPS) is 16.9.